The molecule has 2 N–H and O–H groups in total. The molecule has 7 nitrogen and oxygen atoms in total. The number of nitrogens with zero attached hydrogens (tertiary/aromatic N) is 4. The van der Waals surface area contributed by atoms with Gasteiger partial charge in [-0.05, 0) is 27.9 Å². The fourth-order valence-electron chi connectivity index (χ4n) is 1.41. The second kappa shape index (κ2) is 4.48. The van der Waals surface area contributed by atoms with Crippen LogP contribution in [0, 0.1) is 0 Å². The van der Waals surface area contributed by atoms with E-state index in [2.05, 4.69) is 10.2 Å². The van der Waals surface area contributed by atoms with E-state index in [1.54, 1.807) is 0 Å². The maximum Gasteiger partial charge on any atom is 0.273 e. The molecule has 1 aromatic heterocycles. The molecule has 0 saturated heterocycles. The van der Waals surface area contributed by atoms with E-state index in [1.807, 2.05) is 32.8 Å². The summed E-state index contributed by atoms with van der Waals surface area (Å²) in [7, 11) is -0.0806. The number of sulfonamides is 1. The highest BCUT2D eigenvalue weighted by atomic mass is 32.2. The molecule has 0 unspecified atom stereocenters. The maximum atomic E-state index is 11.3. The van der Waals surface area contributed by atoms with Crippen molar-refractivity contribution in [3.05, 3.63) is 5.82 Å². The molecule has 8 heteroatoms. The lowest BCUT2D eigenvalue weighted by molar-refractivity contribution is 0.369. The van der Waals surface area contributed by atoms with Crippen LogP contribution in [0.2, 0.25) is 0 Å². The van der Waals surface area contributed by atoms with Gasteiger partial charge in [0.15, 0.2) is 0 Å². The minimum Gasteiger partial charge on any atom is -0.302 e. The molecule has 0 aliphatic carbocycles. The number of nitrogens with two attached hydrogens (primary N) is 1. The van der Waals surface area contributed by atoms with E-state index in [0.717, 1.165) is 0 Å². The van der Waals surface area contributed by atoms with Gasteiger partial charge in [0, 0.05) is 6.04 Å². The SMILES string of the molecule is CC(C)n1c(CN(C)C)nnc1S(N)(=O)=O. The van der Waals surface area contributed by atoms with Gasteiger partial charge in [0.25, 0.3) is 15.2 Å². The summed E-state index contributed by atoms with van der Waals surface area (Å²) < 4.78 is 24.1. The Morgan fingerprint density at radius 1 is 1.38 bits per heavy atom. The molecule has 92 valence electrons. The van der Waals surface area contributed by atoms with Gasteiger partial charge in [-0.15, -0.1) is 10.2 Å². The van der Waals surface area contributed by atoms with Crippen LogP contribution in [0.5, 0.6) is 0 Å². The first-order valence-corrected chi connectivity index (χ1v) is 6.39. The van der Waals surface area contributed by atoms with Crippen LogP contribution in [-0.4, -0.2) is 42.2 Å². The predicted molar refractivity (Wildman–Crippen MR) is 59.2 cm³/mol. The Morgan fingerprint density at radius 3 is 2.31 bits per heavy atom. The van der Waals surface area contributed by atoms with Crippen LogP contribution in [0.15, 0.2) is 5.16 Å². The summed E-state index contributed by atoms with van der Waals surface area (Å²) in [6.45, 7) is 4.23. The van der Waals surface area contributed by atoms with E-state index >= 15 is 0 Å². The molecule has 1 rings (SSSR count). The molecule has 0 bridgehead atoms. The third-order valence-corrected chi connectivity index (χ3v) is 2.75. The summed E-state index contributed by atoms with van der Waals surface area (Å²) in [5.41, 5.74) is 0. The number of hydrogen-bond donors (Lipinski definition) is 1. The Hall–Kier alpha value is -0.990. The molecule has 16 heavy (non-hydrogen) atoms. The first-order valence-electron chi connectivity index (χ1n) is 4.84. The summed E-state index contributed by atoms with van der Waals surface area (Å²) in [5, 5.41) is 12.4. The Morgan fingerprint density at radius 2 is 1.94 bits per heavy atom. The fraction of sp³-hybridized carbons (Fsp3) is 0.750. The highest BCUT2D eigenvalue weighted by molar-refractivity contribution is 7.89. The van der Waals surface area contributed by atoms with Crippen molar-refractivity contribution in [1.29, 1.82) is 0 Å². The minimum absolute atomic E-state index is 0.0572. The number of rotatable bonds is 4. The molecule has 0 saturated carbocycles. The van der Waals surface area contributed by atoms with Crippen LogP contribution in [0.4, 0.5) is 0 Å². The molecule has 0 radical (unpaired) electrons. The van der Waals surface area contributed by atoms with Gasteiger partial charge in [-0.2, -0.15) is 0 Å². The Bertz CT molecular complexity index is 463. The normalized spacial score (nSPS) is 12.7. The summed E-state index contributed by atoms with van der Waals surface area (Å²) in [6.07, 6.45) is 0. The highest BCUT2D eigenvalue weighted by Crippen LogP contribution is 2.15. The number of hydrogen-bond acceptors (Lipinski definition) is 5. The van der Waals surface area contributed by atoms with Gasteiger partial charge in [0.2, 0.25) is 0 Å². The van der Waals surface area contributed by atoms with Gasteiger partial charge in [-0.1, -0.05) is 0 Å². The summed E-state index contributed by atoms with van der Waals surface area (Å²) in [6, 6.07) is -0.0572. The first-order chi connectivity index (χ1) is 7.23. The summed E-state index contributed by atoms with van der Waals surface area (Å²) in [4.78, 5) is 1.88. The topological polar surface area (TPSA) is 94.1 Å². The van der Waals surface area contributed by atoms with E-state index in [4.69, 9.17) is 5.14 Å². The standard InChI is InChI=1S/C8H17N5O2S/c1-6(2)13-7(5-12(3)4)10-11-8(13)16(9,14)15/h6H,5H2,1-4H3,(H2,9,14,15). The lowest BCUT2D eigenvalue weighted by Gasteiger charge is -2.15. The molecule has 0 fully saturated rings. The zero-order valence-electron chi connectivity index (χ0n) is 9.88. The van der Waals surface area contributed by atoms with Crippen molar-refractivity contribution in [2.75, 3.05) is 14.1 Å². The Kier molecular flexibility index (Phi) is 3.66. The van der Waals surface area contributed by atoms with E-state index in [1.165, 1.54) is 4.57 Å². The lowest BCUT2D eigenvalue weighted by Crippen LogP contribution is -2.22. The third kappa shape index (κ3) is 2.77. The number of aromatic nitrogens is 3. The fourth-order valence-corrected chi connectivity index (χ4v) is 2.16. The molecule has 0 aliphatic rings. The van der Waals surface area contributed by atoms with E-state index in [0.29, 0.717) is 12.4 Å². The minimum atomic E-state index is -3.82. The van der Waals surface area contributed by atoms with Crippen molar-refractivity contribution in [1.82, 2.24) is 19.7 Å². The van der Waals surface area contributed by atoms with Gasteiger partial charge >= 0.3 is 0 Å². The molecule has 1 aromatic rings. The molecule has 0 atom stereocenters. The average molecular weight is 247 g/mol. The second-order valence-electron chi connectivity index (χ2n) is 4.15. The van der Waals surface area contributed by atoms with Crippen molar-refractivity contribution < 1.29 is 8.42 Å². The van der Waals surface area contributed by atoms with Crippen molar-refractivity contribution >= 4 is 10.0 Å². The van der Waals surface area contributed by atoms with Crippen LogP contribution in [-0.2, 0) is 16.6 Å². The van der Waals surface area contributed by atoms with E-state index < -0.39 is 10.0 Å². The maximum absolute atomic E-state index is 11.3. The summed E-state index contributed by atoms with van der Waals surface area (Å²) in [5.74, 6) is 0.587. The molecule has 1 heterocycles. The van der Waals surface area contributed by atoms with Crippen molar-refractivity contribution in [3.8, 4) is 0 Å². The predicted octanol–water partition coefficient (Wildman–Crippen LogP) is -0.432. The van der Waals surface area contributed by atoms with E-state index in [-0.39, 0.29) is 11.2 Å². The quantitative estimate of drug-likeness (QED) is 0.779. The Labute approximate surface area is 95.3 Å². The molecule has 0 amide bonds. The lowest BCUT2D eigenvalue weighted by atomic mass is 10.4. The van der Waals surface area contributed by atoms with Gasteiger partial charge in [0.05, 0.1) is 6.54 Å². The molecular weight excluding hydrogens is 230 g/mol. The van der Waals surface area contributed by atoms with Gasteiger partial charge in [0.1, 0.15) is 5.82 Å². The zero-order valence-corrected chi connectivity index (χ0v) is 10.7. The zero-order chi connectivity index (χ0) is 12.5. The molecule has 0 aromatic carbocycles. The average Bonchev–Trinajstić information content (AvgIpc) is 2.45. The van der Waals surface area contributed by atoms with Gasteiger partial charge < -0.3 is 4.90 Å². The molecule has 0 spiro atoms. The summed E-state index contributed by atoms with van der Waals surface area (Å²) >= 11 is 0. The van der Waals surface area contributed by atoms with Crippen LogP contribution in [0.1, 0.15) is 25.7 Å². The monoisotopic (exact) mass is 247 g/mol. The number of primary sulfonamides is 1. The molecular formula is C8H17N5O2S. The first kappa shape index (κ1) is 13.1. The van der Waals surface area contributed by atoms with Crippen LogP contribution in [0.25, 0.3) is 0 Å². The van der Waals surface area contributed by atoms with Crippen LogP contribution >= 0.6 is 0 Å². The molecule has 0 aliphatic heterocycles. The van der Waals surface area contributed by atoms with E-state index in [9.17, 15) is 8.42 Å². The van der Waals surface area contributed by atoms with Crippen molar-refractivity contribution in [2.24, 2.45) is 5.14 Å². The third-order valence-electron chi connectivity index (χ3n) is 1.96. The Balaban J connectivity index is 3.28. The second-order valence-corrected chi connectivity index (χ2v) is 5.60. The van der Waals surface area contributed by atoms with Gasteiger partial charge in [-0.3, -0.25) is 4.57 Å². The van der Waals surface area contributed by atoms with Crippen molar-refractivity contribution in [2.45, 2.75) is 31.6 Å². The largest absolute Gasteiger partial charge is 0.302 e. The van der Waals surface area contributed by atoms with Crippen LogP contribution in [0.3, 0.4) is 0 Å². The highest BCUT2D eigenvalue weighted by Gasteiger charge is 2.22. The smallest absolute Gasteiger partial charge is 0.273 e. The van der Waals surface area contributed by atoms with Crippen molar-refractivity contribution in [3.63, 3.8) is 0 Å². The van der Waals surface area contributed by atoms with Crippen LogP contribution < -0.4 is 5.14 Å². The van der Waals surface area contributed by atoms with Gasteiger partial charge in [-0.25, -0.2) is 13.6 Å².